The van der Waals surface area contributed by atoms with Crippen molar-refractivity contribution in [3.8, 4) is 0 Å². The highest BCUT2D eigenvalue weighted by Crippen LogP contribution is 2.57. The number of hydrogen-bond donors (Lipinski definition) is 6. The molecule has 1 aliphatic rings. The lowest BCUT2D eigenvalue weighted by Crippen LogP contribution is -2.35. The lowest BCUT2D eigenvalue weighted by Gasteiger charge is -2.19. The van der Waals surface area contributed by atoms with Crippen LogP contribution in [-0.2, 0) is 27.4 Å². The van der Waals surface area contributed by atoms with Crippen LogP contribution in [0.3, 0.4) is 0 Å². The Morgan fingerprint density at radius 2 is 2.07 bits per heavy atom. The van der Waals surface area contributed by atoms with Gasteiger partial charge in [0, 0.05) is 7.11 Å². The molecule has 1 saturated heterocycles. The van der Waals surface area contributed by atoms with Crippen LogP contribution in [0.4, 0.5) is 5.95 Å². The van der Waals surface area contributed by atoms with Crippen LogP contribution in [0.1, 0.15) is 6.23 Å². The van der Waals surface area contributed by atoms with Gasteiger partial charge in [-0.25, -0.2) is 14.1 Å². The number of anilines is 1. The quantitative estimate of drug-likeness (QED) is 0.251. The van der Waals surface area contributed by atoms with Crippen molar-refractivity contribution >= 4 is 32.8 Å². The first-order valence-corrected chi connectivity index (χ1v) is 10.8. The molecule has 5 atom stereocenters. The van der Waals surface area contributed by atoms with Crippen LogP contribution in [-0.4, -0.2) is 71.3 Å². The molecular weight excluding hydrogens is 440 g/mol. The van der Waals surface area contributed by atoms with Crippen molar-refractivity contribution in [3.05, 3.63) is 16.7 Å². The van der Waals surface area contributed by atoms with Gasteiger partial charge in [-0.3, -0.25) is 18.9 Å². The van der Waals surface area contributed by atoms with Gasteiger partial charge >= 0.3 is 15.6 Å². The summed E-state index contributed by atoms with van der Waals surface area (Å²) >= 11 is 0. The fraction of sp³-hybridized carbons (Fsp3) is 0.545. The summed E-state index contributed by atoms with van der Waals surface area (Å²) in [4.78, 5) is 48.6. The number of rotatable bonds is 7. The van der Waals surface area contributed by atoms with E-state index in [-0.39, 0.29) is 17.1 Å². The number of nitrogens with two attached hydrogens (primary N) is 1. The number of ether oxygens (including phenoxy) is 2. The fourth-order valence-corrected chi connectivity index (χ4v) is 4.39. The fourth-order valence-electron chi connectivity index (χ4n) is 2.79. The van der Waals surface area contributed by atoms with Gasteiger partial charge in [0.15, 0.2) is 17.4 Å². The Bertz CT molecular complexity index is 1050. The Balaban J connectivity index is 1.83. The van der Waals surface area contributed by atoms with E-state index < -0.39 is 52.4 Å². The van der Waals surface area contributed by atoms with E-state index in [1.807, 2.05) is 0 Å². The zero-order chi connectivity index (χ0) is 21.6. The number of phosphoric acid groups is 2. The predicted octanol–water partition coefficient (Wildman–Crippen LogP) is -1.80. The third-order valence-electron chi connectivity index (χ3n) is 3.92. The molecule has 2 aromatic heterocycles. The van der Waals surface area contributed by atoms with E-state index in [0.717, 1.165) is 0 Å². The first kappa shape index (κ1) is 22.0. The highest BCUT2D eigenvalue weighted by Gasteiger charge is 2.47. The largest absolute Gasteiger partial charge is 0.481 e. The van der Waals surface area contributed by atoms with Gasteiger partial charge in [-0.2, -0.15) is 9.29 Å². The normalized spacial score (nSPS) is 27.3. The molecule has 1 unspecified atom stereocenters. The van der Waals surface area contributed by atoms with E-state index in [1.165, 1.54) is 18.0 Å². The van der Waals surface area contributed by atoms with Crippen LogP contribution in [0, 0.1) is 0 Å². The second-order valence-electron chi connectivity index (χ2n) is 5.87. The molecule has 0 aliphatic carbocycles. The van der Waals surface area contributed by atoms with Crippen molar-refractivity contribution < 1.29 is 47.2 Å². The number of hydrogen-bond acceptors (Lipinski definition) is 11. The molecular formula is C11H17N5O11P2. The van der Waals surface area contributed by atoms with E-state index >= 15 is 0 Å². The van der Waals surface area contributed by atoms with Crippen molar-refractivity contribution in [2.24, 2.45) is 0 Å². The summed E-state index contributed by atoms with van der Waals surface area (Å²) in [5.74, 6) is -0.188. The van der Waals surface area contributed by atoms with Gasteiger partial charge in [0.1, 0.15) is 18.3 Å². The predicted molar refractivity (Wildman–Crippen MR) is 92.2 cm³/mol. The minimum atomic E-state index is -5.30. The van der Waals surface area contributed by atoms with Crippen LogP contribution >= 0.6 is 15.6 Å². The van der Waals surface area contributed by atoms with Gasteiger partial charge < -0.3 is 35.0 Å². The zero-order valence-electron chi connectivity index (χ0n) is 14.6. The number of fused-ring (bicyclic) bond motifs is 1. The smallest absolute Gasteiger partial charge is 0.387 e. The number of aromatic nitrogens is 4. The SMILES string of the molecule is CO[C@@H]1[C@H](O)[C@@H](COP(=O)(O)OP(=O)(O)O)O[C@H]1n1cnc2c(=O)[nH]c(N)nc21. The van der Waals surface area contributed by atoms with Crippen LogP contribution in [0.2, 0.25) is 0 Å². The molecule has 162 valence electrons. The number of aliphatic hydroxyl groups excluding tert-OH is 1. The van der Waals surface area contributed by atoms with Gasteiger partial charge in [0.2, 0.25) is 5.95 Å². The Morgan fingerprint density at radius 1 is 1.38 bits per heavy atom. The number of H-pyrrole nitrogens is 1. The minimum absolute atomic E-state index is 0.0322. The number of phosphoric ester groups is 1. The number of nitrogens with zero attached hydrogens (tertiary/aromatic N) is 3. The van der Waals surface area contributed by atoms with Crippen molar-refractivity contribution in [3.63, 3.8) is 0 Å². The zero-order valence-corrected chi connectivity index (χ0v) is 16.3. The molecule has 0 spiro atoms. The van der Waals surface area contributed by atoms with Crippen molar-refractivity contribution in [2.75, 3.05) is 19.5 Å². The van der Waals surface area contributed by atoms with Gasteiger partial charge in [0.25, 0.3) is 5.56 Å². The molecule has 3 heterocycles. The molecule has 0 radical (unpaired) electrons. The topological polar surface area (TPSA) is 242 Å². The second kappa shape index (κ2) is 7.85. The van der Waals surface area contributed by atoms with Crippen molar-refractivity contribution in [1.82, 2.24) is 19.5 Å². The van der Waals surface area contributed by atoms with E-state index in [2.05, 4.69) is 23.8 Å². The van der Waals surface area contributed by atoms with E-state index in [1.54, 1.807) is 0 Å². The number of nitrogen functional groups attached to an aromatic ring is 1. The Labute approximate surface area is 161 Å². The highest BCUT2D eigenvalue weighted by molar-refractivity contribution is 7.60. The molecule has 0 aromatic carbocycles. The summed E-state index contributed by atoms with van der Waals surface area (Å²) in [5, 5.41) is 10.4. The number of imidazole rings is 1. The van der Waals surface area contributed by atoms with Crippen LogP contribution in [0.15, 0.2) is 11.1 Å². The number of methoxy groups -OCH3 is 1. The maximum atomic E-state index is 11.9. The monoisotopic (exact) mass is 457 g/mol. The van der Waals surface area contributed by atoms with Crippen LogP contribution in [0.5, 0.6) is 0 Å². The molecule has 0 amide bonds. The minimum Gasteiger partial charge on any atom is -0.387 e. The summed E-state index contributed by atoms with van der Waals surface area (Å²) in [6.45, 7) is -0.784. The van der Waals surface area contributed by atoms with Crippen LogP contribution < -0.4 is 11.3 Å². The standard InChI is InChI=1S/C11H17N5O11P2/c1-24-7-6(17)4(2-25-29(22,23)27-28(19,20)21)26-10(7)16-3-13-5-8(16)14-11(12)15-9(5)18/h3-4,6-7,10,17H,2H2,1H3,(H,22,23)(H2,19,20,21)(H3,12,14,15,18)/t4-,6-,7-,10-/m1/s1. The second-order valence-corrected chi connectivity index (χ2v) is 8.70. The van der Waals surface area contributed by atoms with Crippen LogP contribution in [0.25, 0.3) is 11.2 Å². The molecule has 7 N–H and O–H groups in total. The maximum absolute atomic E-state index is 11.9. The first-order valence-electron chi connectivity index (χ1n) is 7.75. The highest BCUT2D eigenvalue weighted by atomic mass is 31.3. The third kappa shape index (κ3) is 4.73. The molecule has 1 aliphatic heterocycles. The molecule has 29 heavy (non-hydrogen) atoms. The van der Waals surface area contributed by atoms with Gasteiger partial charge in [-0.15, -0.1) is 0 Å². The number of aliphatic hydroxyl groups is 1. The number of aromatic amines is 1. The molecule has 1 fully saturated rings. The summed E-state index contributed by atoms with van der Waals surface area (Å²) in [6.07, 6.45) is -3.63. The molecule has 3 rings (SSSR count). The molecule has 18 heteroatoms. The lowest BCUT2D eigenvalue weighted by molar-refractivity contribution is -0.0577. The van der Waals surface area contributed by atoms with Gasteiger partial charge in [-0.1, -0.05) is 0 Å². The summed E-state index contributed by atoms with van der Waals surface area (Å²) in [5.41, 5.74) is 4.91. The maximum Gasteiger partial charge on any atom is 0.481 e. The van der Waals surface area contributed by atoms with E-state index in [9.17, 15) is 23.9 Å². The Hall–Kier alpha value is -1.71. The average Bonchev–Trinajstić information content (AvgIpc) is 3.11. The molecule has 0 saturated carbocycles. The molecule has 16 nitrogen and oxygen atoms in total. The summed E-state index contributed by atoms with van der Waals surface area (Å²) < 4.78 is 42.5. The third-order valence-corrected chi connectivity index (χ3v) is 6.07. The average molecular weight is 457 g/mol. The number of nitrogens with one attached hydrogen (secondary N) is 1. The van der Waals surface area contributed by atoms with E-state index in [4.69, 9.17) is 25.0 Å². The van der Waals surface area contributed by atoms with Gasteiger partial charge in [-0.05, 0) is 0 Å². The summed E-state index contributed by atoms with van der Waals surface area (Å²) in [6, 6.07) is 0. The van der Waals surface area contributed by atoms with Crippen molar-refractivity contribution in [1.29, 1.82) is 0 Å². The molecule has 0 bridgehead atoms. The summed E-state index contributed by atoms with van der Waals surface area (Å²) in [7, 11) is -9.18. The van der Waals surface area contributed by atoms with Crippen molar-refractivity contribution in [2.45, 2.75) is 24.5 Å². The molecule has 2 aromatic rings. The Kier molecular flexibility index (Phi) is 5.95. The Morgan fingerprint density at radius 3 is 2.69 bits per heavy atom. The van der Waals surface area contributed by atoms with E-state index in [0.29, 0.717) is 0 Å². The lowest BCUT2D eigenvalue weighted by atomic mass is 10.1. The van der Waals surface area contributed by atoms with Gasteiger partial charge in [0.05, 0.1) is 12.9 Å². The first-order chi connectivity index (χ1) is 13.4.